The van der Waals surface area contributed by atoms with Crippen LogP contribution in [0.2, 0.25) is 0 Å². The van der Waals surface area contributed by atoms with Crippen LogP contribution in [0.15, 0.2) is 24.3 Å². The molecule has 3 heteroatoms. The molecule has 0 radical (unpaired) electrons. The lowest BCUT2D eigenvalue weighted by atomic mass is 10.3. The second-order valence-corrected chi connectivity index (χ2v) is 3.56. The molecule has 0 heterocycles. The van der Waals surface area contributed by atoms with E-state index in [1.165, 1.54) is 5.69 Å². The summed E-state index contributed by atoms with van der Waals surface area (Å²) in [4.78, 5) is 2.16. The van der Waals surface area contributed by atoms with Gasteiger partial charge in [-0.15, -0.1) is 0 Å². The van der Waals surface area contributed by atoms with E-state index in [9.17, 15) is 0 Å². The molecule has 0 aliphatic carbocycles. The van der Waals surface area contributed by atoms with Crippen molar-refractivity contribution in [2.45, 2.75) is 0 Å². The summed E-state index contributed by atoms with van der Waals surface area (Å²) in [5.74, 6) is 0. The molecule has 0 amide bonds. The van der Waals surface area contributed by atoms with Crippen LogP contribution < -0.4 is 10.6 Å². The highest BCUT2D eigenvalue weighted by atomic mass is 15.1. The molecule has 2 N–H and O–H groups in total. The standard InChI is InChI=1S/C11H19N3/c1-12-10-4-6-11(7-5-10)13-8-9-14(2)3/h4-7,12-13H,8-9H2,1-3H3. The van der Waals surface area contributed by atoms with Crippen molar-refractivity contribution >= 4 is 11.4 Å². The van der Waals surface area contributed by atoms with Crippen molar-refractivity contribution < 1.29 is 0 Å². The normalized spacial score (nSPS) is 10.3. The van der Waals surface area contributed by atoms with Crippen LogP contribution in [-0.2, 0) is 0 Å². The fourth-order valence-corrected chi connectivity index (χ4v) is 1.18. The van der Waals surface area contributed by atoms with Gasteiger partial charge in [0.05, 0.1) is 0 Å². The van der Waals surface area contributed by atoms with Crippen molar-refractivity contribution in [2.75, 3.05) is 44.9 Å². The Balaban J connectivity index is 2.36. The number of rotatable bonds is 5. The van der Waals surface area contributed by atoms with Crippen molar-refractivity contribution in [1.82, 2.24) is 4.90 Å². The zero-order valence-electron chi connectivity index (χ0n) is 9.17. The van der Waals surface area contributed by atoms with E-state index in [0.717, 1.165) is 18.8 Å². The molecule has 0 saturated carbocycles. The SMILES string of the molecule is CNc1ccc(NCCN(C)C)cc1. The van der Waals surface area contributed by atoms with Crippen LogP contribution in [0.3, 0.4) is 0 Å². The summed E-state index contributed by atoms with van der Waals surface area (Å²) in [5, 5.41) is 6.45. The van der Waals surface area contributed by atoms with Crippen LogP contribution >= 0.6 is 0 Å². The monoisotopic (exact) mass is 193 g/mol. The molecule has 0 aromatic heterocycles. The number of benzene rings is 1. The predicted molar refractivity (Wildman–Crippen MR) is 63.0 cm³/mol. The predicted octanol–water partition coefficient (Wildman–Crippen LogP) is 1.70. The summed E-state index contributed by atoms with van der Waals surface area (Å²) in [5.41, 5.74) is 2.31. The number of hydrogen-bond acceptors (Lipinski definition) is 3. The van der Waals surface area contributed by atoms with Crippen molar-refractivity contribution in [2.24, 2.45) is 0 Å². The Morgan fingerprint density at radius 1 is 1.07 bits per heavy atom. The first kappa shape index (κ1) is 10.9. The van der Waals surface area contributed by atoms with E-state index in [1.54, 1.807) is 0 Å². The molecule has 0 atom stereocenters. The zero-order valence-corrected chi connectivity index (χ0v) is 9.17. The maximum Gasteiger partial charge on any atom is 0.0342 e. The smallest absolute Gasteiger partial charge is 0.0342 e. The van der Waals surface area contributed by atoms with Crippen molar-refractivity contribution in [3.05, 3.63) is 24.3 Å². The van der Waals surface area contributed by atoms with Gasteiger partial charge in [0.2, 0.25) is 0 Å². The van der Waals surface area contributed by atoms with Crippen LogP contribution in [0.5, 0.6) is 0 Å². The number of nitrogens with one attached hydrogen (secondary N) is 2. The van der Waals surface area contributed by atoms with E-state index in [1.807, 2.05) is 7.05 Å². The third-order valence-corrected chi connectivity index (χ3v) is 2.06. The molecular weight excluding hydrogens is 174 g/mol. The van der Waals surface area contributed by atoms with Gasteiger partial charge in [0.1, 0.15) is 0 Å². The summed E-state index contributed by atoms with van der Waals surface area (Å²) < 4.78 is 0. The van der Waals surface area contributed by atoms with Crippen LogP contribution in [0, 0.1) is 0 Å². The molecule has 0 spiro atoms. The Kier molecular flexibility index (Phi) is 4.26. The number of hydrogen-bond donors (Lipinski definition) is 2. The minimum Gasteiger partial charge on any atom is -0.388 e. The second-order valence-electron chi connectivity index (χ2n) is 3.56. The highest BCUT2D eigenvalue weighted by Gasteiger charge is 1.92. The lowest BCUT2D eigenvalue weighted by Crippen LogP contribution is -2.20. The minimum atomic E-state index is 0.978. The van der Waals surface area contributed by atoms with E-state index >= 15 is 0 Å². The number of anilines is 2. The van der Waals surface area contributed by atoms with Gasteiger partial charge in [-0.25, -0.2) is 0 Å². The maximum absolute atomic E-state index is 3.36. The second kappa shape index (κ2) is 5.50. The van der Waals surface area contributed by atoms with Crippen molar-refractivity contribution in [1.29, 1.82) is 0 Å². The molecule has 1 aromatic rings. The van der Waals surface area contributed by atoms with Gasteiger partial charge >= 0.3 is 0 Å². The van der Waals surface area contributed by atoms with Gasteiger partial charge in [0, 0.05) is 31.5 Å². The Morgan fingerprint density at radius 3 is 2.14 bits per heavy atom. The molecule has 0 unspecified atom stereocenters. The van der Waals surface area contributed by atoms with E-state index in [0.29, 0.717) is 0 Å². The molecule has 0 fully saturated rings. The average molecular weight is 193 g/mol. The van der Waals surface area contributed by atoms with E-state index in [4.69, 9.17) is 0 Å². The molecule has 3 nitrogen and oxygen atoms in total. The van der Waals surface area contributed by atoms with E-state index < -0.39 is 0 Å². The molecule has 0 aliphatic heterocycles. The fraction of sp³-hybridized carbons (Fsp3) is 0.455. The first-order chi connectivity index (χ1) is 6.72. The highest BCUT2D eigenvalue weighted by molar-refractivity contribution is 5.53. The third-order valence-electron chi connectivity index (χ3n) is 2.06. The fourth-order valence-electron chi connectivity index (χ4n) is 1.18. The summed E-state index contributed by atoms with van der Waals surface area (Å²) in [6, 6.07) is 8.30. The van der Waals surface area contributed by atoms with Gasteiger partial charge in [-0.05, 0) is 38.4 Å². The lowest BCUT2D eigenvalue weighted by molar-refractivity contribution is 0.425. The summed E-state index contributed by atoms with van der Waals surface area (Å²) in [7, 11) is 6.08. The van der Waals surface area contributed by atoms with Gasteiger partial charge < -0.3 is 15.5 Å². The van der Waals surface area contributed by atoms with Gasteiger partial charge in [-0.1, -0.05) is 0 Å². The Bertz CT molecular complexity index is 254. The zero-order chi connectivity index (χ0) is 10.4. The Labute approximate surface area is 86.1 Å². The van der Waals surface area contributed by atoms with Crippen LogP contribution in [-0.4, -0.2) is 39.1 Å². The summed E-state index contributed by atoms with van der Waals surface area (Å²) in [6.45, 7) is 2.03. The Hall–Kier alpha value is -1.22. The van der Waals surface area contributed by atoms with Crippen LogP contribution in [0.1, 0.15) is 0 Å². The first-order valence-corrected chi connectivity index (χ1v) is 4.89. The number of likely N-dealkylation sites (N-methyl/N-ethyl adjacent to an activating group) is 1. The quantitative estimate of drug-likeness (QED) is 0.745. The molecule has 0 bridgehead atoms. The Morgan fingerprint density at radius 2 is 1.64 bits per heavy atom. The first-order valence-electron chi connectivity index (χ1n) is 4.89. The molecular formula is C11H19N3. The van der Waals surface area contributed by atoms with Crippen molar-refractivity contribution in [3.63, 3.8) is 0 Å². The molecule has 1 rings (SSSR count). The largest absolute Gasteiger partial charge is 0.388 e. The van der Waals surface area contributed by atoms with Crippen molar-refractivity contribution in [3.8, 4) is 0 Å². The maximum atomic E-state index is 3.36. The molecule has 1 aromatic carbocycles. The molecule has 0 aliphatic rings. The van der Waals surface area contributed by atoms with Crippen LogP contribution in [0.25, 0.3) is 0 Å². The topological polar surface area (TPSA) is 27.3 Å². The number of nitrogens with zero attached hydrogens (tertiary/aromatic N) is 1. The van der Waals surface area contributed by atoms with E-state index in [2.05, 4.69) is 53.9 Å². The molecule has 0 saturated heterocycles. The molecule has 14 heavy (non-hydrogen) atoms. The van der Waals surface area contributed by atoms with Gasteiger partial charge in [0.25, 0.3) is 0 Å². The minimum absolute atomic E-state index is 0.978. The molecule has 78 valence electrons. The highest BCUT2D eigenvalue weighted by Crippen LogP contribution is 2.12. The van der Waals surface area contributed by atoms with Gasteiger partial charge in [-0.2, -0.15) is 0 Å². The summed E-state index contributed by atoms with van der Waals surface area (Å²) in [6.07, 6.45) is 0. The van der Waals surface area contributed by atoms with Gasteiger partial charge in [0.15, 0.2) is 0 Å². The summed E-state index contributed by atoms with van der Waals surface area (Å²) >= 11 is 0. The van der Waals surface area contributed by atoms with E-state index in [-0.39, 0.29) is 0 Å². The van der Waals surface area contributed by atoms with Gasteiger partial charge in [-0.3, -0.25) is 0 Å². The lowest BCUT2D eigenvalue weighted by Gasteiger charge is -2.11. The average Bonchev–Trinajstić information content (AvgIpc) is 2.18. The third kappa shape index (κ3) is 3.66. The van der Waals surface area contributed by atoms with Crippen LogP contribution in [0.4, 0.5) is 11.4 Å².